The Labute approximate surface area is 183 Å². The van der Waals surface area contributed by atoms with Crippen LogP contribution in [0.1, 0.15) is 18.9 Å². The summed E-state index contributed by atoms with van der Waals surface area (Å²) in [6.07, 6.45) is 4.65. The predicted octanol–water partition coefficient (Wildman–Crippen LogP) is 5.54. The minimum atomic E-state index is 0.691. The van der Waals surface area contributed by atoms with Crippen LogP contribution in [0.4, 0.5) is 11.5 Å². The van der Waals surface area contributed by atoms with Crippen molar-refractivity contribution in [2.45, 2.75) is 19.9 Å². The second-order valence-electron chi connectivity index (χ2n) is 7.38. The van der Waals surface area contributed by atoms with Gasteiger partial charge in [-0.25, -0.2) is 4.98 Å². The molecule has 4 aromatic rings. The fraction of sp³-hybridized carbons (Fsp3) is 0.231. The van der Waals surface area contributed by atoms with Crippen LogP contribution in [-0.4, -0.2) is 29.7 Å². The minimum absolute atomic E-state index is 0.691. The lowest BCUT2D eigenvalue weighted by atomic mass is 10.1. The fourth-order valence-corrected chi connectivity index (χ4v) is 3.58. The Kier molecular flexibility index (Phi) is 6.96. The van der Waals surface area contributed by atoms with Crippen molar-refractivity contribution in [3.05, 3.63) is 90.8 Å². The van der Waals surface area contributed by atoms with Crippen LogP contribution in [0.3, 0.4) is 0 Å². The van der Waals surface area contributed by atoms with E-state index in [4.69, 9.17) is 4.74 Å². The maximum Gasteiger partial charge on any atom is 0.145 e. The van der Waals surface area contributed by atoms with E-state index >= 15 is 0 Å². The van der Waals surface area contributed by atoms with E-state index < -0.39 is 0 Å². The Morgan fingerprint density at radius 2 is 1.74 bits per heavy atom. The average molecular weight is 413 g/mol. The van der Waals surface area contributed by atoms with Gasteiger partial charge in [0.25, 0.3) is 0 Å². The first kappa shape index (κ1) is 20.7. The number of nitrogens with one attached hydrogen (secondary N) is 1. The van der Waals surface area contributed by atoms with Gasteiger partial charge in [-0.05, 0) is 36.2 Å². The zero-order valence-electron chi connectivity index (χ0n) is 17.9. The first-order valence-electron chi connectivity index (χ1n) is 10.8. The van der Waals surface area contributed by atoms with Gasteiger partial charge in [0.05, 0.1) is 6.61 Å². The van der Waals surface area contributed by atoms with Gasteiger partial charge in [-0.1, -0.05) is 55.5 Å². The van der Waals surface area contributed by atoms with Crippen LogP contribution < -0.4 is 15.0 Å². The molecule has 0 saturated carbocycles. The second-order valence-corrected chi connectivity index (χ2v) is 7.38. The van der Waals surface area contributed by atoms with E-state index in [1.165, 1.54) is 5.56 Å². The summed E-state index contributed by atoms with van der Waals surface area (Å²) in [6.45, 7) is 5.21. The number of benzene rings is 2. The number of aromatic nitrogens is 2. The van der Waals surface area contributed by atoms with Gasteiger partial charge >= 0.3 is 0 Å². The quantitative estimate of drug-likeness (QED) is 0.371. The van der Waals surface area contributed by atoms with E-state index in [9.17, 15) is 0 Å². The Morgan fingerprint density at radius 1 is 0.871 bits per heavy atom. The van der Waals surface area contributed by atoms with Crippen molar-refractivity contribution in [1.82, 2.24) is 9.97 Å². The van der Waals surface area contributed by atoms with Crippen LogP contribution in [0.25, 0.3) is 10.9 Å². The van der Waals surface area contributed by atoms with Crippen molar-refractivity contribution < 1.29 is 4.74 Å². The molecule has 0 spiro atoms. The number of ether oxygens (including phenoxy) is 1. The van der Waals surface area contributed by atoms with Gasteiger partial charge < -0.3 is 15.0 Å². The zero-order chi connectivity index (χ0) is 21.3. The summed E-state index contributed by atoms with van der Waals surface area (Å²) in [5.74, 6) is 1.81. The lowest BCUT2D eigenvalue weighted by Gasteiger charge is -2.24. The summed E-state index contributed by atoms with van der Waals surface area (Å²) in [7, 11) is 0. The van der Waals surface area contributed by atoms with E-state index in [0.717, 1.165) is 54.2 Å². The van der Waals surface area contributed by atoms with Crippen LogP contribution in [-0.2, 0) is 6.54 Å². The highest BCUT2D eigenvalue weighted by Crippen LogP contribution is 2.29. The van der Waals surface area contributed by atoms with Gasteiger partial charge in [-0.15, -0.1) is 0 Å². The molecule has 0 radical (unpaired) electrons. The summed E-state index contributed by atoms with van der Waals surface area (Å²) >= 11 is 0. The summed E-state index contributed by atoms with van der Waals surface area (Å²) in [4.78, 5) is 11.4. The SMILES string of the molecule is CCCOc1cccc2c(NCCN(Cc3ccccc3)c3ccccn3)ccnc12. The highest BCUT2D eigenvalue weighted by Gasteiger charge is 2.10. The number of hydrogen-bond acceptors (Lipinski definition) is 5. The van der Waals surface area contributed by atoms with Crippen LogP contribution in [0.5, 0.6) is 5.75 Å². The smallest absolute Gasteiger partial charge is 0.145 e. The molecule has 0 aliphatic rings. The van der Waals surface area contributed by atoms with E-state index in [1.54, 1.807) is 0 Å². The molecule has 4 rings (SSSR count). The highest BCUT2D eigenvalue weighted by atomic mass is 16.5. The third kappa shape index (κ3) is 5.31. The molecule has 2 heterocycles. The Balaban J connectivity index is 1.49. The van der Waals surface area contributed by atoms with Crippen LogP contribution in [0.2, 0.25) is 0 Å². The van der Waals surface area contributed by atoms with Crippen molar-refractivity contribution in [2.24, 2.45) is 0 Å². The number of rotatable bonds is 10. The van der Waals surface area contributed by atoms with Gasteiger partial charge in [0.2, 0.25) is 0 Å². The maximum absolute atomic E-state index is 5.88. The van der Waals surface area contributed by atoms with Crippen molar-refractivity contribution in [2.75, 3.05) is 29.9 Å². The number of para-hydroxylation sites is 1. The number of hydrogen-bond donors (Lipinski definition) is 1. The molecule has 0 amide bonds. The highest BCUT2D eigenvalue weighted by molar-refractivity contribution is 5.94. The standard InChI is InChI=1S/C26H28N4O/c1-2-19-31-24-12-8-11-22-23(14-16-29-26(22)24)27-17-18-30(25-13-6-7-15-28-25)20-21-9-4-3-5-10-21/h3-16H,2,17-20H2,1H3,(H,27,29). The second kappa shape index (κ2) is 10.4. The zero-order valence-corrected chi connectivity index (χ0v) is 17.9. The molecule has 5 heteroatoms. The number of anilines is 2. The van der Waals surface area contributed by atoms with Gasteiger partial charge in [-0.2, -0.15) is 0 Å². The van der Waals surface area contributed by atoms with Crippen LogP contribution >= 0.6 is 0 Å². The molecule has 0 bridgehead atoms. The molecule has 0 aliphatic heterocycles. The molecular weight excluding hydrogens is 384 g/mol. The van der Waals surface area contributed by atoms with E-state index in [-0.39, 0.29) is 0 Å². The molecule has 2 aromatic heterocycles. The summed E-state index contributed by atoms with van der Waals surface area (Å²) in [6, 6.07) is 24.6. The van der Waals surface area contributed by atoms with E-state index in [0.29, 0.717) is 6.61 Å². The molecule has 31 heavy (non-hydrogen) atoms. The summed E-state index contributed by atoms with van der Waals surface area (Å²) in [5.41, 5.74) is 3.22. The fourth-order valence-electron chi connectivity index (χ4n) is 3.58. The molecule has 0 unspecified atom stereocenters. The molecule has 0 saturated heterocycles. The van der Waals surface area contributed by atoms with Crippen LogP contribution in [0, 0.1) is 0 Å². The molecule has 0 fully saturated rings. The molecule has 1 N–H and O–H groups in total. The molecule has 0 atom stereocenters. The molecule has 5 nitrogen and oxygen atoms in total. The first-order chi connectivity index (χ1) is 15.3. The van der Waals surface area contributed by atoms with E-state index in [1.807, 2.05) is 48.8 Å². The van der Waals surface area contributed by atoms with Gasteiger partial charge in [0, 0.05) is 43.1 Å². The Hall–Kier alpha value is -3.60. The molecule has 0 aliphatic carbocycles. The van der Waals surface area contributed by atoms with Crippen LogP contribution in [0.15, 0.2) is 85.2 Å². The number of fused-ring (bicyclic) bond motifs is 1. The Bertz CT molecular complexity index is 1090. The molecule has 158 valence electrons. The minimum Gasteiger partial charge on any atom is -0.491 e. The molecule has 2 aromatic carbocycles. The lowest BCUT2D eigenvalue weighted by molar-refractivity contribution is 0.320. The monoisotopic (exact) mass is 412 g/mol. The Morgan fingerprint density at radius 3 is 2.55 bits per heavy atom. The topological polar surface area (TPSA) is 50.3 Å². The van der Waals surface area contributed by atoms with Gasteiger partial charge in [-0.3, -0.25) is 4.98 Å². The molecular formula is C26H28N4O. The third-order valence-electron chi connectivity index (χ3n) is 5.08. The van der Waals surface area contributed by atoms with E-state index in [2.05, 4.69) is 63.5 Å². The summed E-state index contributed by atoms with van der Waals surface area (Å²) in [5, 5.41) is 4.66. The predicted molar refractivity (Wildman–Crippen MR) is 128 cm³/mol. The third-order valence-corrected chi connectivity index (χ3v) is 5.08. The van der Waals surface area contributed by atoms with Crippen molar-refractivity contribution in [3.8, 4) is 5.75 Å². The van der Waals surface area contributed by atoms with Gasteiger partial charge in [0.1, 0.15) is 17.1 Å². The largest absolute Gasteiger partial charge is 0.491 e. The number of pyridine rings is 2. The average Bonchev–Trinajstić information content (AvgIpc) is 2.83. The summed E-state index contributed by atoms with van der Waals surface area (Å²) < 4.78 is 5.88. The number of nitrogens with zero attached hydrogens (tertiary/aromatic N) is 3. The normalized spacial score (nSPS) is 10.7. The van der Waals surface area contributed by atoms with Crippen molar-refractivity contribution in [3.63, 3.8) is 0 Å². The van der Waals surface area contributed by atoms with Crippen molar-refractivity contribution >= 4 is 22.4 Å². The van der Waals surface area contributed by atoms with Gasteiger partial charge in [0.15, 0.2) is 0 Å². The first-order valence-corrected chi connectivity index (χ1v) is 10.8. The van der Waals surface area contributed by atoms with Crippen molar-refractivity contribution in [1.29, 1.82) is 0 Å². The lowest BCUT2D eigenvalue weighted by Crippen LogP contribution is -2.29. The maximum atomic E-state index is 5.88.